The first-order valence-electron chi connectivity index (χ1n) is 6.67. The third-order valence-electron chi connectivity index (χ3n) is 3.34. The topological polar surface area (TPSA) is 119 Å². The van der Waals surface area contributed by atoms with Crippen molar-refractivity contribution in [3.05, 3.63) is 48.7 Å². The van der Waals surface area contributed by atoms with Gasteiger partial charge in [0.15, 0.2) is 29.3 Å². The Morgan fingerprint density at radius 1 is 1.26 bits per heavy atom. The minimum atomic E-state index is 0.0579. The molecule has 4 aromatic rings. The predicted molar refractivity (Wildman–Crippen MR) is 81.3 cm³/mol. The van der Waals surface area contributed by atoms with Crippen molar-refractivity contribution in [2.75, 3.05) is 5.73 Å². The predicted octanol–water partition coefficient (Wildman–Crippen LogP) is 1.92. The maximum Gasteiger partial charge on any atom is 0.183 e. The molecule has 0 unspecified atom stereocenters. The molecule has 110 valence electrons. The van der Waals surface area contributed by atoms with Gasteiger partial charge < -0.3 is 10.2 Å². The van der Waals surface area contributed by atoms with Gasteiger partial charge >= 0.3 is 0 Å². The molecule has 2 N–H and O–H groups in total. The number of hydrogen-bond donors (Lipinski definition) is 1. The standard InChI is InChI=1S/C15H9N7O/c16-7-11-14(17)21-15(22-5-1-4-19-22)13(20-11)9-2-3-10-12(6-9)23-8-18-10/h1-6,8H,(H2,17,21). The molecule has 0 amide bonds. The molecule has 8 heteroatoms. The number of anilines is 1. The lowest BCUT2D eigenvalue weighted by Crippen LogP contribution is -2.08. The summed E-state index contributed by atoms with van der Waals surface area (Å²) in [5.74, 6) is 0.493. The molecule has 0 atom stereocenters. The fourth-order valence-corrected chi connectivity index (χ4v) is 2.27. The number of aromatic nitrogens is 5. The van der Waals surface area contributed by atoms with Crippen LogP contribution in [0.15, 0.2) is 47.5 Å². The van der Waals surface area contributed by atoms with E-state index in [1.165, 1.54) is 6.39 Å². The second kappa shape index (κ2) is 4.92. The Bertz CT molecular complexity index is 1040. The summed E-state index contributed by atoms with van der Waals surface area (Å²) in [5.41, 5.74) is 8.42. The summed E-state index contributed by atoms with van der Waals surface area (Å²) >= 11 is 0. The van der Waals surface area contributed by atoms with Crippen LogP contribution in [0.1, 0.15) is 5.69 Å². The van der Waals surface area contributed by atoms with Gasteiger partial charge in [-0.25, -0.2) is 19.6 Å². The molecule has 3 aromatic heterocycles. The molecular formula is C15H9N7O. The van der Waals surface area contributed by atoms with E-state index >= 15 is 0 Å². The third kappa shape index (κ3) is 2.08. The minimum Gasteiger partial charge on any atom is -0.443 e. The summed E-state index contributed by atoms with van der Waals surface area (Å²) < 4.78 is 6.87. The zero-order chi connectivity index (χ0) is 15.8. The summed E-state index contributed by atoms with van der Waals surface area (Å²) in [5, 5.41) is 13.3. The second-order valence-corrected chi connectivity index (χ2v) is 4.73. The zero-order valence-corrected chi connectivity index (χ0v) is 11.7. The van der Waals surface area contributed by atoms with Crippen molar-refractivity contribution < 1.29 is 4.42 Å². The number of nitrogen functional groups attached to an aromatic ring is 1. The molecule has 0 aliphatic rings. The molecule has 3 heterocycles. The lowest BCUT2D eigenvalue weighted by molar-refractivity contribution is 0.602. The molecule has 0 saturated heterocycles. The van der Waals surface area contributed by atoms with Gasteiger partial charge in [0, 0.05) is 18.0 Å². The number of hydrogen-bond acceptors (Lipinski definition) is 7. The van der Waals surface area contributed by atoms with Crippen LogP contribution in [0.3, 0.4) is 0 Å². The van der Waals surface area contributed by atoms with Crippen molar-refractivity contribution in [1.82, 2.24) is 24.7 Å². The smallest absolute Gasteiger partial charge is 0.183 e. The van der Waals surface area contributed by atoms with Crippen molar-refractivity contribution in [3.63, 3.8) is 0 Å². The molecule has 8 nitrogen and oxygen atoms in total. The van der Waals surface area contributed by atoms with Gasteiger partial charge in [0.1, 0.15) is 17.3 Å². The fraction of sp³-hybridized carbons (Fsp3) is 0. The highest BCUT2D eigenvalue weighted by molar-refractivity contribution is 5.81. The summed E-state index contributed by atoms with van der Waals surface area (Å²) in [6, 6.07) is 9.14. The quantitative estimate of drug-likeness (QED) is 0.600. The molecular weight excluding hydrogens is 294 g/mol. The first-order valence-corrected chi connectivity index (χ1v) is 6.67. The van der Waals surface area contributed by atoms with Crippen LogP contribution < -0.4 is 5.73 Å². The van der Waals surface area contributed by atoms with E-state index in [2.05, 4.69) is 20.1 Å². The molecule has 0 aliphatic heterocycles. The number of rotatable bonds is 2. The number of nitrogens with two attached hydrogens (primary N) is 1. The highest BCUT2D eigenvalue weighted by atomic mass is 16.3. The Labute approximate surface area is 129 Å². The second-order valence-electron chi connectivity index (χ2n) is 4.73. The SMILES string of the molecule is N#Cc1nc(-c2ccc3ncoc3c2)c(-n2cccn2)nc1N. The highest BCUT2D eigenvalue weighted by Gasteiger charge is 2.16. The van der Waals surface area contributed by atoms with Crippen LogP contribution in [0, 0.1) is 11.3 Å². The van der Waals surface area contributed by atoms with E-state index in [0.29, 0.717) is 17.1 Å². The molecule has 0 radical (unpaired) electrons. The van der Waals surface area contributed by atoms with Crippen molar-refractivity contribution in [2.45, 2.75) is 0 Å². The third-order valence-corrected chi connectivity index (χ3v) is 3.34. The molecule has 0 fully saturated rings. The molecule has 0 saturated carbocycles. The molecule has 0 spiro atoms. The average Bonchev–Trinajstić information content (AvgIpc) is 3.25. The van der Waals surface area contributed by atoms with Gasteiger partial charge in [-0.2, -0.15) is 10.4 Å². The van der Waals surface area contributed by atoms with Gasteiger partial charge in [-0.3, -0.25) is 0 Å². The number of benzene rings is 1. The van der Waals surface area contributed by atoms with E-state index in [1.54, 1.807) is 29.2 Å². The Balaban J connectivity index is 2.00. The summed E-state index contributed by atoms with van der Waals surface area (Å²) in [6.45, 7) is 0. The largest absolute Gasteiger partial charge is 0.443 e. The number of nitrogens with zero attached hydrogens (tertiary/aromatic N) is 6. The monoisotopic (exact) mass is 303 g/mol. The number of nitriles is 1. The first-order chi connectivity index (χ1) is 11.3. The van der Waals surface area contributed by atoms with Crippen LogP contribution in [0.2, 0.25) is 0 Å². The molecule has 23 heavy (non-hydrogen) atoms. The maximum absolute atomic E-state index is 9.17. The highest BCUT2D eigenvalue weighted by Crippen LogP contribution is 2.27. The van der Waals surface area contributed by atoms with Crippen molar-refractivity contribution in [3.8, 4) is 23.1 Å². The van der Waals surface area contributed by atoms with Crippen LogP contribution in [0.5, 0.6) is 0 Å². The van der Waals surface area contributed by atoms with E-state index in [-0.39, 0.29) is 11.5 Å². The molecule has 0 aliphatic carbocycles. The van der Waals surface area contributed by atoms with Crippen molar-refractivity contribution in [2.24, 2.45) is 0 Å². The molecule has 0 bridgehead atoms. The molecule has 1 aromatic carbocycles. The summed E-state index contributed by atoms with van der Waals surface area (Å²) in [4.78, 5) is 12.7. The van der Waals surface area contributed by atoms with Crippen molar-refractivity contribution in [1.29, 1.82) is 5.26 Å². The van der Waals surface area contributed by atoms with Gasteiger partial charge in [0.05, 0.1) is 0 Å². The van der Waals surface area contributed by atoms with Crippen molar-refractivity contribution >= 4 is 16.9 Å². The number of oxazole rings is 1. The van der Waals surface area contributed by atoms with E-state index in [0.717, 1.165) is 11.1 Å². The average molecular weight is 303 g/mol. The van der Waals surface area contributed by atoms with Gasteiger partial charge in [0.2, 0.25) is 0 Å². The Morgan fingerprint density at radius 3 is 2.96 bits per heavy atom. The van der Waals surface area contributed by atoms with Crippen LogP contribution in [0.25, 0.3) is 28.2 Å². The lowest BCUT2D eigenvalue weighted by Gasteiger charge is -2.09. The minimum absolute atomic E-state index is 0.0579. The van der Waals surface area contributed by atoms with Crippen LogP contribution in [-0.2, 0) is 0 Å². The number of fused-ring (bicyclic) bond motifs is 1. The van der Waals surface area contributed by atoms with E-state index in [1.807, 2.05) is 18.2 Å². The van der Waals surface area contributed by atoms with E-state index < -0.39 is 0 Å². The Morgan fingerprint density at radius 2 is 2.17 bits per heavy atom. The first kappa shape index (κ1) is 13.0. The van der Waals surface area contributed by atoms with Gasteiger partial charge in [-0.05, 0) is 18.2 Å². The van der Waals surface area contributed by atoms with Crippen LogP contribution in [0.4, 0.5) is 5.82 Å². The Kier molecular flexibility index (Phi) is 2.78. The van der Waals surface area contributed by atoms with Crippen LogP contribution in [-0.4, -0.2) is 24.7 Å². The molecule has 4 rings (SSSR count). The van der Waals surface area contributed by atoms with Crippen LogP contribution >= 0.6 is 0 Å². The van der Waals surface area contributed by atoms with E-state index in [9.17, 15) is 0 Å². The van der Waals surface area contributed by atoms with Gasteiger partial charge in [-0.1, -0.05) is 6.07 Å². The van der Waals surface area contributed by atoms with Gasteiger partial charge in [0.25, 0.3) is 0 Å². The normalized spacial score (nSPS) is 10.7. The summed E-state index contributed by atoms with van der Waals surface area (Å²) in [6.07, 6.45) is 4.73. The van der Waals surface area contributed by atoms with Gasteiger partial charge in [-0.15, -0.1) is 0 Å². The lowest BCUT2D eigenvalue weighted by atomic mass is 10.1. The maximum atomic E-state index is 9.17. The summed E-state index contributed by atoms with van der Waals surface area (Å²) in [7, 11) is 0. The fourth-order valence-electron chi connectivity index (χ4n) is 2.27. The Hall–Kier alpha value is -3.73. The van der Waals surface area contributed by atoms with E-state index in [4.69, 9.17) is 15.4 Å². The zero-order valence-electron chi connectivity index (χ0n) is 11.7.